The lowest BCUT2D eigenvalue weighted by Crippen LogP contribution is -2.41. The van der Waals surface area contributed by atoms with E-state index < -0.39 is 7.12 Å². The van der Waals surface area contributed by atoms with Crippen molar-refractivity contribution in [2.75, 3.05) is 6.54 Å². The Bertz CT molecular complexity index is 357. The zero-order valence-corrected chi connectivity index (χ0v) is 11.8. The molecule has 0 aromatic heterocycles. The summed E-state index contributed by atoms with van der Waals surface area (Å²) in [6.45, 7) is 9.01. The molecule has 0 atom stereocenters. The van der Waals surface area contributed by atoms with Crippen molar-refractivity contribution in [2.24, 2.45) is 16.6 Å². The molecular weight excluding hydrogens is 227 g/mol. The van der Waals surface area contributed by atoms with Gasteiger partial charge in [0.25, 0.3) is 0 Å². The predicted octanol–water partition coefficient (Wildman–Crippen LogP) is 1.94. The molecule has 1 saturated heterocycles. The Morgan fingerprint density at radius 3 is 2.28 bits per heavy atom. The molecule has 2 N–H and O–H groups in total. The second kappa shape index (κ2) is 4.70. The van der Waals surface area contributed by atoms with E-state index in [-0.39, 0.29) is 11.2 Å². The molecule has 0 aromatic rings. The quantitative estimate of drug-likeness (QED) is 0.612. The molecule has 0 unspecified atom stereocenters. The predicted molar refractivity (Wildman–Crippen MR) is 74.4 cm³/mol. The zero-order valence-electron chi connectivity index (χ0n) is 11.8. The van der Waals surface area contributed by atoms with Gasteiger partial charge in [-0.2, -0.15) is 0 Å². The van der Waals surface area contributed by atoms with Crippen LogP contribution in [0.5, 0.6) is 0 Å². The summed E-state index contributed by atoms with van der Waals surface area (Å²) in [7, 11) is -0.414. The molecule has 1 saturated carbocycles. The summed E-state index contributed by atoms with van der Waals surface area (Å²) in [6, 6.07) is 0. The Kier molecular flexibility index (Phi) is 3.56. The number of allylic oxidation sites excluding steroid dienone is 1. The van der Waals surface area contributed by atoms with Crippen LogP contribution in [0, 0.1) is 5.92 Å². The van der Waals surface area contributed by atoms with Crippen molar-refractivity contribution < 1.29 is 9.31 Å². The van der Waals surface area contributed by atoms with Gasteiger partial charge in [0, 0.05) is 18.2 Å². The van der Waals surface area contributed by atoms with Crippen molar-refractivity contribution >= 4 is 13.3 Å². The lowest BCUT2D eigenvalue weighted by molar-refractivity contribution is 0.00578. The van der Waals surface area contributed by atoms with Gasteiger partial charge in [-0.3, -0.25) is 4.99 Å². The smallest absolute Gasteiger partial charge is 0.405 e. The molecule has 2 aliphatic rings. The second-order valence-electron chi connectivity index (χ2n) is 6.19. The number of hydrogen-bond donors (Lipinski definition) is 1. The highest BCUT2D eigenvalue weighted by molar-refractivity contribution is 6.60. The van der Waals surface area contributed by atoms with Crippen LogP contribution in [0.4, 0.5) is 0 Å². The Labute approximate surface area is 110 Å². The van der Waals surface area contributed by atoms with E-state index in [9.17, 15) is 0 Å². The van der Waals surface area contributed by atoms with Crippen molar-refractivity contribution in [2.45, 2.75) is 51.7 Å². The SMILES string of the molecule is CC1(C)OB(C(C=NCC2CC2)=CN)OC1(C)C. The molecule has 1 aliphatic carbocycles. The monoisotopic (exact) mass is 250 g/mol. The Morgan fingerprint density at radius 1 is 1.28 bits per heavy atom. The molecule has 4 nitrogen and oxygen atoms in total. The molecule has 0 bridgehead atoms. The van der Waals surface area contributed by atoms with Crippen LogP contribution in [-0.4, -0.2) is 31.1 Å². The first-order chi connectivity index (χ1) is 8.36. The molecule has 100 valence electrons. The fraction of sp³-hybridized carbons (Fsp3) is 0.769. The van der Waals surface area contributed by atoms with E-state index in [0.29, 0.717) is 0 Å². The van der Waals surface area contributed by atoms with Gasteiger partial charge in [0.2, 0.25) is 0 Å². The van der Waals surface area contributed by atoms with Crippen LogP contribution in [0.25, 0.3) is 0 Å². The van der Waals surface area contributed by atoms with E-state index in [1.165, 1.54) is 19.0 Å². The van der Waals surface area contributed by atoms with Gasteiger partial charge in [0.1, 0.15) is 0 Å². The topological polar surface area (TPSA) is 56.8 Å². The van der Waals surface area contributed by atoms with E-state index >= 15 is 0 Å². The molecule has 2 fully saturated rings. The van der Waals surface area contributed by atoms with Crippen LogP contribution in [-0.2, 0) is 9.31 Å². The molecule has 0 spiro atoms. The number of rotatable bonds is 4. The van der Waals surface area contributed by atoms with Gasteiger partial charge in [0.05, 0.1) is 11.2 Å². The number of hydrogen-bond acceptors (Lipinski definition) is 4. The first-order valence-electron chi connectivity index (χ1n) is 6.63. The van der Waals surface area contributed by atoms with Crippen molar-refractivity contribution in [3.63, 3.8) is 0 Å². The minimum Gasteiger partial charge on any atom is -0.405 e. The van der Waals surface area contributed by atoms with E-state index in [0.717, 1.165) is 17.9 Å². The van der Waals surface area contributed by atoms with Gasteiger partial charge < -0.3 is 15.0 Å². The summed E-state index contributed by atoms with van der Waals surface area (Å²) in [5.41, 5.74) is 5.78. The highest BCUT2D eigenvalue weighted by Crippen LogP contribution is 2.38. The summed E-state index contributed by atoms with van der Waals surface area (Å²) in [4.78, 5) is 4.41. The number of nitrogens with zero attached hydrogens (tertiary/aromatic N) is 1. The van der Waals surface area contributed by atoms with Crippen LogP contribution in [0.2, 0.25) is 0 Å². The lowest BCUT2D eigenvalue weighted by atomic mass is 9.79. The van der Waals surface area contributed by atoms with Gasteiger partial charge in [-0.15, -0.1) is 0 Å². The molecule has 1 aliphatic heterocycles. The molecule has 5 heteroatoms. The first-order valence-corrected chi connectivity index (χ1v) is 6.63. The van der Waals surface area contributed by atoms with E-state index in [4.69, 9.17) is 15.0 Å². The largest absolute Gasteiger partial charge is 0.497 e. The molecule has 1 heterocycles. The van der Waals surface area contributed by atoms with Crippen LogP contribution >= 0.6 is 0 Å². The van der Waals surface area contributed by atoms with Crippen LogP contribution in [0.15, 0.2) is 16.7 Å². The molecule has 0 amide bonds. The number of aliphatic imine (C=N–C) groups is 1. The van der Waals surface area contributed by atoms with Crippen LogP contribution in [0.3, 0.4) is 0 Å². The Balaban J connectivity index is 1.99. The van der Waals surface area contributed by atoms with Crippen LogP contribution in [0.1, 0.15) is 40.5 Å². The van der Waals surface area contributed by atoms with Crippen molar-refractivity contribution in [3.05, 3.63) is 11.7 Å². The van der Waals surface area contributed by atoms with E-state index in [1.54, 1.807) is 6.21 Å². The summed E-state index contributed by atoms with van der Waals surface area (Å²) < 4.78 is 11.9. The third-order valence-corrected chi connectivity index (χ3v) is 4.02. The van der Waals surface area contributed by atoms with Crippen LogP contribution < -0.4 is 5.73 Å². The van der Waals surface area contributed by atoms with Gasteiger partial charge in [0.15, 0.2) is 0 Å². The van der Waals surface area contributed by atoms with Gasteiger partial charge >= 0.3 is 7.12 Å². The maximum absolute atomic E-state index is 5.93. The lowest BCUT2D eigenvalue weighted by Gasteiger charge is -2.32. The Hall–Kier alpha value is -0.805. The average molecular weight is 250 g/mol. The molecule has 0 radical (unpaired) electrons. The highest BCUT2D eigenvalue weighted by atomic mass is 16.7. The average Bonchev–Trinajstić information content (AvgIpc) is 3.02. The summed E-state index contributed by atoms with van der Waals surface area (Å²) in [6.07, 6.45) is 5.92. The first kappa shape index (κ1) is 13.6. The van der Waals surface area contributed by atoms with Crippen molar-refractivity contribution in [3.8, 4) is 0 Å². The number of nitrogens with two attached hydrogens (primary N) is 1. The van der Waals surface area contributed by atoms with Crippen molar-refractivity contribution in [1.82, 2.24) is 0 Å². The normalized spacial score (nSPS) is 27.1. The minimum absolute atomic E-state index is 0.337. The second-order valence-corrected chi connectivity index (χ2v) is 6.19. The van der Waals surface area contributed by atoms with Gasteiger partial charge in [-0.05, 0) is 52.7 Å². The maximum atomic E-state index is 5.93. The van der Waals surface area contributed by atoms with E-state index in [1.807, 2.05) is 27.7 Å². The standard InChI is InChI=1S/C13H23BN2O2/c1-12(2)13(3,4)18-14(17-12)11(7-15)9-16-8-10-5-6-10/h7,9-10H,5-6,8,15H2,1-4H3. The third-order valence-electron chi connectivity index (χ3n) is 4.02. The Morgan fingerprint density at radius 2 is 1.83 bits per heavy atom. The van der Waals surface area contributed by atoms with Gasteiger partial charge in [-0.1, -0.05) is 0 Å². The summed E-state index contributed by atoms with van der Waals surface area (Å²) in [5, 5.41) is 0. The fourth-order valence-corrected chi connectivity index (χ4v) is 1.77. The summed E-state index contributed by atoms with van der Waals surface area (Å²) >= 11 is 0. The third kappa shape index (κ3) is 2.78. The molecular formula is C13H23BN2O2. The summed E-state index contributed by atoms with van der Waals surface area (Å²) in [5.74, 6) is 0.776. The van der Waals surface area contributed by atoms with Gasteiger partial charge in [-0.25, -0.2) is 0 Å². The zero-order chi connectivity index (χ0) is 13.4. The van der Waals surface area contributed by atoms with Crippen molar-refractivity contribution in [1.29, 1.82) is 0 Å². The minimum atomic E-state index is -0.414. The maximum Gasteiger partial charge on any atom is 0.497 e. The highest BCUT2D eigenvalue weighted by Gasteiger charge is 2.52. The molecule has 18 heavy (non-hydrogen) atoms. The fourth-order valence-electron chi connectivity index (χ4n) is 1.77. The molecule has 2 rings (SSSR count). The van der Waals surface area contributed by atoms with E-state index in [2.05, 4.69) is 4.99 Å². The molecule has 0 aromatic carbocycles.